The SMILES string of the molecule is CC(CN)CCNCc1cccnc1. The molecule has 0 amide bonds. The van der Waals surface area contributed by atoms with Crippen LogP contribution in [0.15, 0.2) is 24.5 Å². The zero-order chi connectivity index (χ0) is 10.2. The fraction of sp³-hybridized carbons (Fsp3) is 0.545. The molecule has 3 N–H and O–H groups in total. The molecule has 1 heterocycles. The molecule has 14 heavy (non-hydrogen) atoms. The smallest absolute Gasteiger partial charge is 0.0312 e. The van der Waals surface area contributed by atoms with Gasteiger partial charge in [-0.15, -0.1) is 0 Å². The van der Waals surface area contributed by atoms with Gasteiger partial charge in [-0.05, 0) is 37.1 Å². The average molecular weight is 193 g/mol. The van der Waals surface area contributed by atoms with E-state index in [1.807, 2.05) is 12.3 Å². The highest BCUT2D eigenvalue weighted by Crippen LogP contribution is 1.98. The number of nitrogens with two attached hydrogens (primary N) is 1. The lowest BCUT2D eigenvalue weighted by molar-refractivity contribution is 0.509. The van der Waals surface area contributed by atoms with Gasteiger partial charge in [-0.25, -0.2) is 0 Å². The number of rotatable bonds is 6. The molecule has 0 bridgehead atoms. The molecule has 1 aromatic heterocycles. The standard InChI is InChI=1S/C11H19N3/c1-10(7-12)4-6-14-9-11-3-2-5-13-8-11/h2-3,5,8,10,14H,4,6-7,9,12H2,1H3. The molecular formula is C11H19N3. The van der Waals surface area contributed by atoms with Gasteiger partial charge in [0.25, 0.3) is 0 Å². The maximum atomic E-state index is 5.53. The van der Waals surface area contributed by atoms with Gasteiger partial charge in [0, 0.05) is 18.9 Å². The van der Waals surface area contributed by atoms with Crippen molar-refractivity contribution >= 4 is 0 Å². The number of nitrogens with zero attached hydrogens (tertiary/aromatic N) is 1. The fourth-order valence-corrected chi connectivity index (χ4v) is 1.20. The maximum Gasteiger partial charge on any atom is 0.0312 e. The van der Waals surface area contributed by atoms with Crippen LogP contribution in [0.4, 0.5) is 0 Å². The molecule has 0 aliphatic rings. The molecular weight excluding hydrogens is 174 g/mol. The van der Waals surface area contributed by atoms with Crippen molar-refractivity contribution in [2.75, 3.05) is 13.1 Å². The molecule has 0 radical (unpaired) electrons. The molecule has 0 spiro atoms. The summed E-state index contributed by atoms with van der Waals surface area (Å²) in [6, 6.07) is 4.03. The zero-order valence-electron chi connectivity index (χ0n) is 8.74. The second-order valence-corrected chi connectivity index (χ2v) is 3.67. The van der Waals surface area contributed by atoms with Gasteiger partial charge in [0.05, 0.1) is 0 Å². The van der Waals surface area contributed by atoms with Crippen LogP contribution in [-0.4, -0.2) is 18.1 Å². The van der Waals surface area contributed by atoms with Gasteiger partial charge in [0.1, 0.15) is 0 Å². The Morgan fingerprint density at radius 3 is 3.07 bits per heavy atom. The highest BCUT2D eigenvalue weighted by Gasteiger charge is 1.97. The summed E-state index contributed by atoms with van der Waals surface area (Å²) in [4.78, 5) is 4.05. The Bertz CT molecular complexity index is 236. The highest BCUT2D eigenvalue weighted by atomic mass is 14.8. The quantitative estimate of drug-likeness (QED) is 0.666. The molecule has 0 aromatic carbocycles. The van der Waals surface area contributed by atoms with Gasteiger partial charge in [-0.2, -0.15) is 0 Å². The van der Waals surface area contributed by atoms with Crippen molar-refractivity contribution in [1.29, 1.82) is 0 Å². The predicted molar refractivity (Wildman–Crippen MR) is 58.8 cm³/mol. The second-order valence-electron chi connectivity index (χ2n) is 3.67. The Kier molecular flexibility index (Phi) is 5.19. The molecule has 0 aliphatic heterocycles. The largest absolute Gasteiger partial charge is 0.330 e. The van der Waals surface area contributed by atoms with Crippen molar-refractivity contribution < 1.29 is 0 Å². The van der Waals surface area contributed by atoms with E-state index in [1.54, 1.807) is 6.20 Å². The Labute approximate surface area is 85.7 Å². The van der Waals surface area contributed by atoms with Crippen LogP contribution in [0.25, 0.3) is 0 Å². The van der Waals surface area contributed by atoms with E-state index < -0.39 is 0 Å². The van der Waals surface area contributed by atoms with E-state index in [1.165, 1.54) is 5.56 Å². The number of hydrogen-bond acceptors (Lipinski definition) is 3. The van der Waals surface area contributed by atoms with Gasteiger partial charge in [-0.3, -0.25) is 4.98 Å². The van der Waals surface area contributed by atoms with E-state index in [4.69, 9.17) is 5.73 Å². The summed E-state index contributed by atoms with van der Waals surface area (Å²) in [5.41, 5.74) is 6.76. The summed E-state index contributed by atoms with van der Waals surface area (Å²) < 4.78 is 0. The van der Waals surface area contributed by atoms with Crippen molar-refractivity contribution in [3.05, 3.63) is 30.1 Å². The van der Waals surface area contributed by atoms with Crippen molar-refractivity contribution in [3.63, 3.8) is 0 Å². The molecule has 1 aromatic rings. The van der Waals surface area contributed by atoms with Gasteiger partial charge >= 0.3 is 0 Å². The van der Waals surface area contributed by atoms with Crippen LogP contribution in [-0.2, 0) is 6.54 Å². The minimum atomic E-state index is 0.608. The van der Waals surface area contributed by atoms with Gasteiger partial charge in [0.15, 0.2) is 0 Å². The summed E-state index contributed by atoms with van der Waals surface area (Å²) in [5.74, 6) is 0.608. The zero-order valence-corrected chi connectivity index (χ0v) is 8.74. The van der Waals surface area contributed by atoms with Gasteiger partial charge in [0.2, 0.25) is 0 Å². The third-order valence-corrected chi connectivity index (χ3v) is 2.27. The predicted octanol–water partition coefficient (Wildman–Crippen LogP) is 1.16. The topological polar surface area (TPSA) is 50.9 Å². The first-order valence-corrected chi connectivity index (χ1v) is 5.12. The molecule has 0 saturated heterocycles. The molecule has 1 unspecified atom stereocenters. The van der Waals surface area contributed by atoms with Crippen molar-refractivity contribution in [2.45, 2.75) is 19.9 Å². The molecule has 0 fully saturated rings. The molecule has 78 valence electrons. The molecule has 0 aliphatic carbocycles. The normalized spacial score (nSPS) is 12.7. The lowest BCUT2D eigenvalue weighted by atomic mass is 10.1. The van der Waals surface area contributed by atoms with Crippen LogP contribution >= 0.6 is 0 Å². The summed E-state index contributed by atoms with van der Waals surface area (Å²) in [6.45, 7) is 4.86. The summed E-state index contributed by atoms with van der Waals surface area (Å²) in [5, 5.41) is 3.37. The lowest BCUT2D eigenvalue weighted by Crippen LogP contribution is -2.20. The van der Waals surface area contributed by atoms with Crippen molar-refractivity contribution in [1.82, 2.24) is 10.3 Å². The summed E-state index contributed by atoms with van der Waals surface area (Å²) >= 11 is 0. The van der Waals surface area contributed by atoms with Crippen LogP contribution in [0.1, 0.15) is 18.9 Å². The Morgan fingerprint density at radius 2 is 2.43 bits per heavy atom. The van der Waals surface area contributed by atoms with Crippen molar-refractivity contribution in [3.8, 4) is 0 Å². The average Bonchev–Trinajstić information content (AvgIpc) is 2.25. The highest BCUT2D eigenvalue weighted by molar-refractivity contribution is 5.07. The molecule has 3 heteroatoms. The summed E-state index contributed by atoms with van der Waals surface area (Å²) in [6.07, 6.45) is 4.82. The first-order chi connectivity index (χ1) is 6.83. The minimum absolute atomic E-state index is 0.608. The van der Waals surface area contributed by atoms with E-state index in [-0.39, 0.29) is 0 Å². The van der Waals surface area contributed by atoms with Crippen LogP contribution in [0.5, 0.6) is 0 Å². The van der Waals surface area contributed by atoms with E-state index in [9.17, 15) is 0 Å². The van der Waals surface area contributed by atoms with Crippen LogP contribution in [0, 0.1) is 5.92 Å². The van der Waals surface area contributed by atoms with Gasteiger partial charge < -0.3 is 11.1 Å². The second kappa shape index (κ2) is 6.51. The van der Waals surface area contributed by atoms with Crippen LogP contribution in [0.2, 0.25) is 0 Å². The number of hydrogen-bond donors (Lipinski definition) is 2. The minimum Gasteiger partial charge on any atom is -0.330 e. The summed E-state index contributed by atoms with van der Waals surface area (Å²) in [7, 11) is 0. The number of nitrogens with one attached hydrogen (secondary N) is 1. The monoisotopic (exact) mass is 193 g/mol. The number of aromatic nitrogens is 1. The van der Waals surface area contributed by atoms with E-state index >= 15 is 0 Å². The van der Waals surface area contributed by atoms with Crippen molar-refractivity contribution in [2.24, 2.45) is 11.7 Å². The molecule has 1 atom stereocenters. The first-order valence-electron chi connectivity index (χ1n) is 5.12. The molecule has 3 nitrogen and oxygen atoms in total. The maximum absolute atomic E-state index is 5.53. The third-order valence-electron chi connectivity index (χ3n) is 2.27. The molecule has 0 saturated carbocycles. The van der Waals surface area contributed by atoms with Gasteiger partial charge in [-0.1, -0.05) is 13.0 Å². The number of pyridine rings is 1. The van der Waals surface area contributed by atoms with E-state index in [0.717, 1.165) is 26.1 Å². The first kappa shape index (κ1) is 11.1. The fourth-order valence-electron chi connectivity index (χ4n) is 1.20. The molecule has 1 rings (SSSR count). The van der Waals surface area contributed by atoms with Crippen LogP contribution < -0.4 is 11.1 Å². The Morgan fingerprint density at radius 1 is 1.57 bits per heavy atom. The Balaban J connectivity index is 2.10. The van der Waals surface area contributed by atoms with Crippen LogP contribution in [0.3, 0.4) is 0 Å². The third kappa shape index (κ3) is 4.35. The Hall–Kier alpha value is -0.930. The van der Waals surface area contributed by atoms with E-state index in [0.29, 0.717) is 5.92 Å². The lowest BCUT2D eigenvalue weighted by Gasteiger charge is -2.08. The van der Waals surface area contributed by atoms with E-state index in [2.05, 4.69) is 23.3 Å².